The fraction of sp³-hybridized carbons (Fsp3) is 0.471. The Hall–Kier alpha value is -1.53. The van der Waals surface area contributed by atoms with Gasteiger partial charge in [0.1, 0.15) is 6.04 Å². The highest BCUT2D eigenvalue weighted by Gasteiger charge is 2.52. The summed E-state index contributed by atoms with van der Waals surface area (Å²) in [5.41, 5.74) is 0.582. The van der Waals surface area contributed by atoms with Gasteiger partial charge >= 0.3 is 12.0 Å². The zero-order valence-corrected chi connectivity index (χ0v) is 14.7. The molecule has 1 saturated heterocycles. The summed E-state index contributed by atoms with van der Waals surface area (Å²) in [5.74, 6) is -0.400. The van der Waals surface area contributed by atoms with E-state index in [0.717, 1.165) is 12.8 Å². The fourth-order valence-corrected chi connectivity index (χ4v) is 3.70. The number of hydrogen-bond acceptors (Lipinski definition) is 3. The second-order valence-electron chi connectivity index (χ2n) is 6.00. The Bertz CT molecular complexity index is 604. The summed E-state index contributed by atoms with van der Waals surface area (Å²) in [6.07, 6.45) is 0.761. The Morgan fingerprint density at radius 3 is 2.48 bits per heavy atom. The Kier molecular flexibility index (Phi) is 5.70. The number of Topliss-reactive ketones (excluding diaryl/α,β-unsaturated/α-hetero) is 1. The number of alkyl halides is 1. The van der Waals surface area contributed by atoms with E-state index >= 15 is 0 Å². The first-order valence-electron chi connectivity index (χ1n) is 7.77. The first kappa shape index (κ1) is 17.8. The van der Waals surface area contributed by atoms with Crippen LogP contribution in [0.3, 0.4) is 0 Å². The quantitative estimate of drug-likeness (QED) is 0.479. The van der Waals surface area contributed by atoms with E-state index in [0.29, 0.717) is 18.5 Å². The zero-order chi connectivity index (χ0) is 17.0. The number of rotatable bonds is 5. The van der Waals surface area contributed by atoms with Crippen molar-refractivity contribution in [3.05, 3.63) is 35.9 Å². The van der Waals surface area contributed by atoms with Crippen LogP contribution in [0.4, 0.5) is 4.79 Å². The Morgan fingerprint density at radius 1 is 1.30 bits per heavy atom. The van der Waals surface area contributed by atoms with E-state index in [4.69, 9.17) is 0 Å². The van der Waals surface area contributed by atoms with Crippen molar-refractivity contribution in [3.8, 4) is 0 Å². The minimum absolute atomic E-state index is 0.0745. The van der Waals surface area contributed by atoms with E-state index < -0.39 is 15.4 Å². The summed E-state index contributed by atoms with van der Waals surface area (Å²) in [4.78, 5) is 36.0. The number of hydrogen-bond donors (Lipinski definition) is 1. The molecule has 2 amide bonds. The van der Waals surface area contributed by atoms with Gasteiger partial charge in [-0.15, -0.1) is 0 Å². The molecule has 124 valence electrons. The second-order valence-corrected chi connectivity index (χ2v) is 7.10. The molecule has 0 aliphatic carbocycles. The third-order valence-corrected chi connectivity index (χ3v) is 5.50. The van der Waals surface area contributed by atoms with Crippen molar-refractivity contribution in [3.63, 3.8) is 0 Å². The summed E-state index contributed by atoms with van der Waals surface area (Å²) in [7, 11) is 0. The maximum absolute atomic E-state index is 12.5. The third kappa shape index (κ3) is 3.53. The van der Waals surface area contributed by atoms with Crippen LogP contribution in [0.1, 0.15) is 43.0 Å². The molecule has 3 atom stereocenters. The minimum Gasteiger partial charge on any atom is -0.435 e. The van der Waals surface area contributed by atoms with E-state index in [2.05, 4.69) is 15.9 Å². The number of halogens is 1. The van der Waals surface area contributed by atoms with E-state index in [1.54, 1.807) is 31.2 Å². The number of imide groups is 1. The Labute approximate surface area is 144 Å². The summed E-state index contributed by atoms with van der Waals surface area (Å²) < 4.78 is -0.501. The highest BCUT2D eigenvalue weighted by Crippen LogP contribution is 2.30. The van der Waals surface area contributed by atoms with Crippen molar-refractivity contribution in [1.29, 1.82) is 0 Å². The molecule has 0 bridgehead atoms. The van der Waals surface area contributed by atoms with Gasteiger partial charge in [-0.3, -0.25) is 4.79 Å². The maximum Gasteiger partial charge on any atom is 0.521 e. The normalized spacial score (nSPS) is 25.0. The molecular formula is C17H21BrNO4+. The smallest absolute Gasteiger partial charge is 0.435 e. The lowest BCUT2D eigenvalue weighted by molar-refractivity contribution is -0.792. The first-order valence-corrected chi connectivity index (χ1v) is 8.69. The van der Waals surface area contributed by atoms with Crippen molar-refractivity contribution >= 4 is 33.7 Å². The monoisotopic (exact) mass is 382 g/mol. The average Bonchev–Trinajstić information content (AvgIpc) is 2.95. The molecule has 0 aromatic heterocycles. The molecule has 1 aliphatic heterocycles. The van der Waals surface area contributed by atoms with E-state index in [-0.39, 0.29) is 24.2 Å². The van der Waals surface area contributed by atoms with E-state index in [9.17, 15) is 19.5 Å². The number of ketones is 1. The van der Waals surface area contributed by atoms with Crippen LogP contribution in [0.2, 0.25) is 0 Å². The highest BCUT2D eigenvalue weighted by atomic mass is 79.9. The van der Waals surface area contributed by atoms with Gasteiger partial charge < -0.3 is 5.11 Å². The van der Waals surface area contributed by atoms with Gasteiger partial charge in [-0.05, 0) is 13.3 Å². The van der Waals surface area contributed by atoms with Crippen molar-refractivity contribution < 1.29 is 24.0 Å². The van der Waals surface area contributed by atoms with E-state index in [1.165, 1.54) is 0 Å². The number of benzene rings is 1. The summed E-state index contributed by atoms with van der Waals surface area (Å²) in [6, 6.07) is 8.65. The van der Waals surface area contributed by atoms with Crippen LogP contribution in [0, 0.1) is 0 Å². The molecule has 1 aromatic carbocycles. The van der Waals surface area contributed by atoms with Crippen molar-refractivity contribution in [2.45, 2.75) is 43.5 Å². The van der Waals surface area contributed by atoms with Gasteiger partial charge in [-0.25, -0.2) is 4.79 Å². The van der Waals surface area contributed by atoms with Gasteiger partial charge in [0, 0.05) is 18.4 Å². The van der Waals surface area contributed by atoms with Crippen LogP contribution in [0.5, 0.6) is 0 Å². The number of carbonyl (C=O) groups excluding carboxylic acids is 2. The molecule has 0 spiro atoms. The largest absolute Gasteiger partial charge is 0.521 e. The van der Waals surface area contributed by atoms with Crippen LogP contribution >= 0.6 is 15.9 Å². The SMILES string of the molecule is C[C@@H]1CCC[N+]1(C(=O)O)C(=O)CCC(Br)C(=O)c1ccccc1. The van der Waals surface area contributed by atoms with Gasteiger partial charge in [0.15, 0.2) is 5.78 Å². The summed E-state index contributed by atoms with van der Waals surface area (Å²) in [6.45, 7) is 2.15. The minimum atomic E-state index is -1.08. The lowest BCUT2D eigenvalue weighted by atomic mass is 10.0. The zero-order valence-electron chi connectivity index (χ0n) is 13.1. The molecular weight excluding hydrogens is 362 g/mol. The molecule has 1 fully saturated rings. The van der Waals surface area contributed by atoms with Gasteiger partial charge in [0.2, 0.25) is 0 Å². The summed E-state index contributed by atoms with van der Waals surface area (Å²) >= 11 is 3.33. The molecule has 1 aromatic rings. The maximum atomic E-state index is 12.5. The predicted molar refractivity (Wildman–Crippen MR) is 89.6 cm³/mol. The van der Waals surface area contributed by atoms with Crippen LogP contribution in [-0.2, 0) is 4.79 Å². The topological polar surface area (TPSA) is 71.4 Å². The molecule has 0 saturated carbocycles. The number of nitrogens with zero attached hydrogens (tertiary/aromatic N) is 1. The Balaban J connectivity index is 2.01. The van der Waals surface area contributed by atoms with Gasteiger partial charge in [0.05, 0.1) is 17.8 Å². The predicted octanol–water partition coefficient (Wildman–Crippen LogP) is 3.62. The Morgan fingerprint density at radius 2 is 1.96 bits per heavy atom. The number of quaternary nitrogens is 1. The molecule has 2 rings (SSSR count). The molecule has 1 aliphatic rings. The number of carbonyl (C=O) groups is 3. The molecule has 1 N–H and O–H groups in total. The van der Waals surface area contributed by atoms with Crippen LogP contribution in [0.15, 0.2) is 30.3 Å². The molecule has 5 nitrogen and oxygen atoms in total. The fourth-order valence-electron chi connectivity index (χ4n) is 3.20. The molecule has 1 heterocycles. The second kappa shape index (κ2) is 7.36. The lowest BCUT2D eigenvalue weighted by Gasteiger charge is -2.29. The van der Waals surface area contributed by atoms with Crippen molar-refractivity contribution in [1.82, 2.24) is 0 Å². The number of carboxylic acid groups (broad SMARTS) is 1. The van der Waals surface area contributed by atoms with Crippen LogP contribution in [-0.4, -0.2) is 44.8 Å². The third-order valence-electron chi connectivity index (χ3n) is 4.63. The van der Waals surface area contributed by atoms with Crippen molar-refractivity contribution in [2.24, 2.45) is 0 Å². The van der Waals surface area contributed by atoms with Gasteiger partial charge in [-0.2, -0.15) is 9.28 Å². The molecule has 0 radical (unpaired) electrons. The molecule has 2 unspecified atom stereocenters. The van der Waals surface area contributed by atoms with Crippen molar-refractivity contribution in [2.75, 3.05) is 6.54 Å². The average molecular weight is 383 g/mol. The van der Waals surface area contributed by atoms with E-state index in [1.807, 2.05) is 6.07 Å². The van der Waals surface area contributed by atoms with Gasteiger partial charge in [0.25, 0.3) is 0 Å². The molecule has 23 heavy (non-hydrogen) atoms. The van der Waals surface area contributed by atoms with Crippen LogP contribution in [0.25, 0.3) is 0 Å². The van der Waals surface area contributed by atoms with Crippen LogP contribution < -0.4 is 0 Å². The lowest BCUT2D eigenvalue weighted by Crippen LogP contribution is -2.58. The number of likely N-dealkylation sites (tertiary alicyclic amines) is 1. The first-order chi connectivity index (χ1) is 10.9. The van der Waals surface area contributed by atoms with Gasteiger partial charge in [-0.1, -0.05) is 46.3 Å². The molecule has 6 heteroatoms. The highest BCUT2D eigenvalue weighted by molar-refractivity contribution is 9.10. The standard InChI is InChI=1S/C17H20BrNO4/c1-12-6-5-11-19(12,17(22)23)15(20)10-9-14(18)16(21)13-7-3-2-4-8-13/h2-4,7-8,12,14H,5-6,9-11H2,1H3/p+1/t12-,14?,19?/m1/s1. The summed E-state index contributed by atoms with van der Waals surface area (Å²) in [5, 5.41) is 9.53. The number of amides is 2.